The van der Waals surface area contributed by atoms with Crippen LogP contribution in [0, 0.1) is 41.2 Å². The molecule has 0 heterocycles. The van der Waals surface area contributed by atoms with Crippen LogP contribution in [0.15, 0.2) is 24.0 Å². The minimum absolute atomic E-state index is 0.0266. The largest absolute Gasteiger partial charge is 0.489 e. The van der Waals surface area contributed by atoms with Gasteiger partial charge in [0.25, 0.3) is 0 Å². The fourth-order valence-electron chi connectivity index (χ4n) is 5.55. The van der Waals surface area contributed by atoms with Gasteiger partial charge in [-0.1, -0.05) is 25.8 Å². The van der Waals surface area contributed by atoms with Crippen molar-refractivity contribution < 1.29 is 17.9 Å². The van der Waals surface area contributed by atoms with E-state index in [4.69, 9.17) is 4.74 Å². The van der Waals surface area contributed by atoms with Gasteiger partial charge in [0, 0.05) is 10.8 Å². The molecule has 1 aromatic carbocycles. The van der Waals surface area contributed by atoms with Crippen molar-refractivity contribution >= 4 is 0 Å². The normalized spacial score (nSPS) is 35.8. The molecule has 0 spiro atoms. The van der Waals surface area contributed by atoms with Crippen LogP contribution in [0.3, 0.4) is 0 Å². The van der Waals surface area contributed by atoms with Crippen LogP contribution in [-0.4, -0.2) is 6.61 Å². The summed E-state index contributed by atoms with van der Waals surface area (Å²) in [6, 6.07) is 2.97. The molecule has 5 rings (SSSR count). The monoisotopic (exact) mass is 378 g/mol. The Hall–Kier alpha value is -1.45. The number of ether oxygens (including phenoxy) is 1. The van der Waals surface area contributed by atoms with Crippen molar-refractivity contribution in [3.05, 3.63) is 41.2 Å². The molecule has 0 aromatic heterocycles. The molecule has 0 unspecified atom stereocenters. The second-order valence-corrected chi connectivity index (χ2v) is 9.26. The van der Waals surface area contributed by atoms with Crippen LogP contribution < -0.4 is 4.74 Å². The predicted octanol–water partition coefficient (Wildman–Crippen LogP) is 6.89. The van der Waals surface area contributed by atoms with E-state index < -0.39 is 11.6 Å². The summed E-state index contributed by atoms with van der Waals surface area (Å²) in [5.41, 5.74) is -0.407. The van der Waals surface area contributed by atoms with Gasteiger partial charge in [-0.25, -0.2) is 8.78 Å². The van der Waals surface area contributed by atoms with Crippen molar-refractivity contribution in [3.63, 3.8) is 0 Å². The van der Waals surface area contributed by atoms with Crippen molar-refractivity contribution in [2.24, 2.45) is 22.7 Å². The molecule has 1 nitrogen and oxygen atoms in total. The highest BCUT2D eigenvalue weighted by Gasteiger charge is 2.54. The summed E-state index contributed by atoms with van der Waals surface area (Å²) in [7, 11) is 0. The second-order valence-electron chi connectivity index (χ2n) is 9.26. The summed E-state index contributed by atoms with van der Waals surface area (Å²) < 4.78 is 48.7. The zero-order valence-corrected chi connectivity index (χ0v) is 16.3. The first kappa shape index (κ1) is 18.9. The van der Waals surface area contributed by atoms with Gasteiger partial charge in [0.2, 0.25) is 5.82 Å². The SMILES string of the molecule is Cc1ccc(OCC23C=C(F)C(C4CCC(C)CC4)(CC2)CC3)c(F)c1F. The van der Waals surface area contributed by atoms with Gasteiger partial charge in [-0.2, -0.15) is 4.39 Å². The number of benzene rings is 1. The minimum Gasteiger partial charge on any atom is -0.489 e. The highest BCUT2D eigenvalue weighted by atomic mass is 19.2. The van der Waals surface area contributed by atoms with E-state index in [2.05, 4.69) is 6.92 Å². The zero-order chi connectivity index (χ0) is 19.2. The lowest BCUT2D eigenvalue weighted by atomic mass is 9.51. The maximum Gasteiger partial charge on any atom is 0.200 e. The Morgan fingerprint density at radius 2 is 1.63 bits per heavy atom. The maximum atomic E-state index is 15.3. The molecule has 27 heavy (non-hydrogen) atoms. The van der Waals surface area contributed by atoms with Crippen molar-refractivity contribution in [2.75, 3.05) is 6.61 Å². The Bertz CT molecular complexity index is 738. The van der Waals surface area contributed by atoms with Crippen molar-refractivity contribution in [1.82, 2.24) is 0 Å². The van der Waals surface area contributed by atoms with Gasteiger partial charge in [-0.05, 0) is 75.0 Å². The van der Waals surface area contributed by atoms with Crippen LogP contribution >= 0.6 is 0 Å². The number of aryl methyl sites for hydroxylation is 1. The fourth-order valence-corrected chi connectivity index (χ4v) is 5.55. The lowest BCUT2D eigenvalue weighted by molar-refractivity contribution is -0.00670. The third-order valence-electron chi connectivity index (χ3n) is 7.60. The van der Waals surface area contributed by atoms with Crippen molar-refractivity contribution in [1.29, 1.82) is 0 Å². The Labute approximate surface area is 160 Å². The molecule has 2 saturated carbocycles. The third-order valence-corrected chi connectivity index (χ3v) is 7.60. The van der Waals surface area contributed by atoms with Crippen LogP contribution in [0.1, 0.15) is 63.9 Å². The molecular weight excluding hydrogens is 349 g/mol. The summed E-state index contributed by atoms with van der Waals surface area (Å²) in [5, 5.41) is 0. The van der Waals surface area contributed by atoms with E-state index in [0.29, 0.717) is 5.92 Å². The molecule has 0 atom stereocenters. The smallest absolute Gasteiger partial charge is 0.200 e. The van der Waals surface area contributed by atoms with Crippen LogP contribution in [-0.2, 0) is 0 Å². The Morgan fingerprint density at radius 1 is 0.963 bits per heavy atom. The molecule has 0 radical (unpaired) electrons. The van der Waals surface area contributed by atoms with Crippen molar-refractivity contribution in [3.8, 4) is 5.75 Å². The molecule has 0 amide bonds. The maximum absolute atomic E-state index is 15.3. The molecule has 4 heteroatoms. The van der Waals surface area contributed by atoms with Crippen molar-refractivity contribution in [2.45, 2.75) is 65.2 Å². The van der Waals surface area contributed by atoms with E-state index in [1.54, 1.807) is 6.08 Å². The van der Waals surface area contributed by atoms with Gasteiger partial charge in [0.15, 0.2) is 11.6 Å². The van der Waals surface area contributed by atoms with Gasteiger partial charge >= 0.3 is 0 Å². The van der Waals surface area contributed by atoms with E-state index in [9.17, 15) is 8.78 Å². The molecule has 2 fully saturated rings. The average molecular weight is 378 g/mol. The summed E-state index contributed by atoms with van der Waals surface area (Å²) >= 11 is 0. The summed E-state index contributed by atoms with van der Waals surface area (Å²) in [6.07, 6.45) is 9.84. The molecule has 0 N–H and O–H groups in total. The third kappa shape index (κ3) is 3.19. The first-order valence-corrected chi connectivity index (χ1v) is 10.3. The molecule has 0 saturated heterocycles. The number of hydrogen-bond acceptors (Lipinski definition) is 1. The summed E-state index contributed by atoms with van der Waals surface area (Å²) in [5.74, 6) is -0.664. The summed E-state index contributed by atoms with van der Waals surface area (Å²) in [4.78, 5) is 0. The van der Waals surface area contributed by atoms with Gasteiger partial charge in [-0.3, -0.25) is 0 Å². The average Bonchev–Trinajstić information content (AvgIpc) is 2.67. The Balaban J connectivity index is 1.49. The van der Waals surface area contributed by atoms with Crippen LogP contribution in [0.2, 0.25) is 0 Å². The van der Waals surface area contributed by atoms with Crippen LogP contribution in [0.5, 0.6) is 5.75 Å². The number of halogens is 3. The van der Waals surface area contributed by atoms with E-state index in [-0.39, 0.29) is 34.6 Å². The second kappa shape index (κ2) is 6.86. The van der Waals surface area contributed by atoms with Gasteiger partial charge in [-0.15, -0.1) is 0 Å². The van der Waals surface area contributed by atoms with E-state index in [1.165, 1.54) is 31.9 Å². The minimum atomic E-state index is -0.951. The topological polar surface area (TPSA) is 9.23 Å². The molecule has 1 aromatic rings. The van der Waals surface area contributed by atoms with Gasteiger partial charge in [0.05, 0.1) is 6.61 Å². The van der Waals surface area contributed by atoms with E-state index >= 15 is 4.39 Å². The number of hydrogen-bond donors (Lipinski definition) is 0. The summed E-state index contributed by atoms with van der Waals surface area (Å²) in [6.45, 7) is 4.02. The molecule has 0 aliphatic heterocycles. The molecular formula is C23H29F3O. The molecule has 148 valence electrons. The Kier molecular flexibility index (Phi) is 4.80. The Morgan fingerprint density at radius 3 is 2.26 bits per heavy atom. The molecule has 2 bridgehead atoms. The molecule has 4 aliphatic carbocycles. The molecule has 4 aliphatic rings. The number of rotatable bonds is 4. The van der Waals surface area contributed by atoms with Crippen LogP contribution in [0.25, 0.3) is 0 Å². The highest BCUT2D eigenvalue weighted by molar-refractivity contribution is 5.31. The van der Waals surface area contributed by atoms with Gasteiger partial charge < -0.3 is 4.74 Å². The van der Waals surface area contributed by atoms with Gasteiger partial charge in [0.1, 0.15) is 5.83 Å². The quantitative estimate of drug-likeness (QED) is 0.554. The lowest BCUT2D eigenvalue weighted by Gasteiger charge is -2.54. The highest BCUT2D eigenvalue weighted by Crippen LogP contribution is 2.62. The standard InChI is InChI=1S/C23H29F3O/c1-15-3-6-17(7-4-15)23-11-9-22(10-12-23,13-19(23)24)14-27-18-8-5-16(2)20(25)21(18)26/h5,8,13,15,17H,3-4,6-7,9-12,14H2,1-2H3. The van der Waals surface area contributed by atoms with E-state index in [1.807, 2.05) is 0 Å². The first-order chi connectivity index (χ1) is 12.9. The first-order valence-electron chi connectivity index (χ1n) is 10.3. The van der Waals surface area contributed by atoms with Crippen LogP contribution in [0.4, 0.5) is 13.2 Å². The number of allylic oxidation sites excluding steroid dienone is 1. The number of fused-ring (bicyclic) bond motifs is 2. The van der Waals surface area contributed by atoms with E-state index in [0.717, 1.165) is 44.4 Å². The predicted molar refractivity (Wildman–Crippen MR) is 100 cm³/mol. The zero-order valence-electron chi connectivity index (χ0n) is 16.3. The lowest BCUT2D eigenvalue weighted by Crippen LogP contribution is -2.47. The fraction of sp³-hybridized carbons (Fsp3) is 0.652.